The van der Waals surface area contributed by atoms with E-state index in [0.29, 0.717) is 16.6 Å². The summed E-state index contributed by atoms with van der Waals surface area (Å²) in [6, 6.07) is 9.88. The summed E-state index contributed by atoms with van der Waals surface area (Å²) in [6.45, 7) is 7.28. The van der Waals surface area contributed by atoms with Crippen LogP contribution in [0.3, 0.4) is 0 Å². The Morgan fingerprint density at radius 3 is 2.73 bits per heavy atom. The summed E-state index contributed by atoms with van der Waals surface area (Å²) in [7, 11) is 0. The zero-order chi connectivity index (χ0) is 15.7. The number of halogens is 3. The third-order valence-electron chi connectivity index (χ3n) is 3.42. The molecule has 0 bridgehead atoms. The van der Waals surface area contributed by atoms with Crippen LogP contribution in [0.1, 0.15) is 17.8 Å². The molecule has 3 nitrogen and oxygen atoms in total. The second kappa shape index (κ2) is 5.74. The van der Waals surface area contributed by atoms with Gasteiger partial charge >= 0.3 is 0 Å². The fraction of sp³-hybridized carbons (Fsp3) is 0.125. The number of hydrogen-bond acceptors (Lipinski definition) is 1. The van der Waals surface area contributed by atoms with Gasteiger partial charge in [0.2, 0.25) is 5.69 Å². The van der Waals surface area contributed by atoms with Crippen LogP contribution in [0.5, 0.6) is 0 Å². The van der Waals surface area contributed by atoms with E-state index in [1.165, 1.54) is 10.6 Å². The van der Waals surface area contributed by atoms with Crippen molar-refractivity contribution >= 4 is 28.2 Å². The lowest BCUT2D eigenvalue weighted by Crippen LogP contribution is -2.05. The number of hydrogen-bond donors (Lipinski definition) is 0. The molecule has 1 aromatic carbocycles. The van der Waals surface area contributed by atoms with Crippen molar-refractivity contribution in [2.75, 3.05) is 0 Å². The molecule has 0 atom stereocenters. The quantitative estimate of drug-likeness (QED) is 0.607. The van der Waals surface area contributed by atoms with Gasteiger partial charge in [-0.15, -0.1) is 0 Å². The smallest absolute Gasteiger partial charge is 0.278 e. The van der Waals surface area contributed by atoms with E-state index in [2.05, 4.69) is 9.83 Å². The van der Waals surface area contributed by atoms with E-state index in [1.54, 1.807) is 36.5 Å². The van der Waals surface area contributed by atoms with E-state index in [4.69, 9.17) is 18.2 Å². The Labute approximate surface area is 130 Å². The molecule has 0 saturated carbocycles. The molecule has 0 unspecified atom stereocenters. The van der Waals surface area contributed by atoms with Gasteiger partial charge in [-0.05, 0) is 24.3 Å². The molecule has 110 valence electrons. The normalized spacial score (nSPS) is 11.0. The Bertz CT molecular complexity index is 866. The average molecular weight is 318 g/mol. The first kappa shape index (κ1) is 14.5. The molecule has 3 aromatic rings. The zero-order valence-electron chi connectivity index (χ0n) is 11.3. The van der Waals surface area contributed by atoms with Crippen molar-refractivity contribution in [3.63, 3.8) is 0 Å². The van der Waals surface area contributed by atoms with Crippen LogP contribution in [0.2, 0.25) is 5.02 Å². The molecule has 0 radical (unpaired) electrons. The SMILES string of the molecule is [C-]#[N+]c1ccc2c(cc(C(F)F)n2Cc2ccccn2)c1Cl. The van der Waals surface area contributed by atoms with Gasteiger partial charge in [-0.2, -0.15) is 0 Å². The lowest BCUT2D eigenvalue weighted by Gasteiger charge is -2.10. The summed E-state index contributed by atoms with van der Waals surface area (Å²) in [5, 5.41) is 0.663. The van der Waals surface area contributed by atoms with Gasteiger partial charge in [0.25, 0.3) is 6.43 Å². The van der Waals surface area contributed by atoms with E-state index >= 15 is 0 Å². The summed E-state index contributed by atoms with van der Waals surface area (Å²) in [6.07, 6.45) is -1.02. The molecular weight excluding hydrogens is 308 g/mol. The second-order valence-corrected chi connectivity index (χ2v) is 5.10. The van der Waals surface area contributed by atoms with Crippen LogP contribution in [-0.4, -0.2) is 9.55 Å². The minimum atomic E-state index is -2.64. The van der Waals surface area contributed by atoms with Crippen LogP contribution >= 0.6 is 11.6 Å². The summed E-state index contributed by atoms with van der Waals surface area (Å²) in [4.78, 5) is 7.47. The van der Waals surface area contributed by atoms with Crippen LogP contribution in [0.4, 0.5) is 14.5 Å². The van der Waals surface area contributed by atoms with E-state index < -0.39 is 6.43 Å². The van der Waals surface area contributed by atoms with Gasteiger partial charge in [0.05, 0.1) is 29.5 Å². The van der Waals surface area contributed by atoms with Crippen LogP contribution in [0, 0.1) is 6.57 Å². The molecule has 0 aliphatic rings. The van der Waals surface area contributed by atoms with Crippen LogP contribution in [0.25, 0.3) is 15.7 Å². The number of benzene rings is 1. The molecule has 22 heavy (non-hydrogen) atoms. The van der Waals surface area contributed by atoms with Crippen molar-refractivity contribution in [1.82, 2.24) is 9.55 Å². The van der Waals surface area contributed by atoms with Crippen molar-refractivity contribution in [3.8, 4) is 0 Å². The van der Waals surface area contributed by atoms with Crippen molar-refractivity contribution in [1.29, 1.82) is 0 Å². The standard InChI is InChI=1S/C16H10ClF2N3/c1-20-12-5-6-13-11(15(12)17)8-14(16(18)19)22(13)9-10-4-2-3-7-21-10/h2-8,16H,9H2. The monoisotopic (exact) mass is 317 g/mol. The van der Waals surface area contributed by atoms with Gasteiger partial charge in [0.15, 0.2) is 0 Å². The predicted octanol–water partition coefficient (Wildman–Crippen LogP) is 5.23. The first-order valence-electron chi connectivity index (χ1n) is 6.49. The number of aromatic nitrogens is 2. The maximum atomic E-state index is 13.3. The fourth-order valence-corrected chi connectivity index (χ4v) is 2.66. The molecule has 0 aliphatic heterocycles. The number of fused-ring (bicyclic) bond motifs is 1. The highest BCUT2D eigenvalue weighted by molar-refractivity contribution is 6.38. The summed E-state index contributed by atoms with van der Waals surface area (Å²) in [5.74, 6) is 0. The number of rotatable bonds is 3. The zero-order valence-corrected chi connectivity index (χ0v) is 12.1. The molecule has 2 heterocycles. The first-order chi connectivity index (χ1) is 10.6. The largest absolute Gasteiger partial charge is 0.334 e. The molecule has 6 heteroatoms. The van der Waals surface area contributed by atoms with Gasteiger partial charge in [-0.25, -0.2) is 13.6 Å². The lowest BCUT2D eigenvalue weighted by molar-refractivity contribution is 0.142. The Morgan fingerprint density at radius 1 is 1.27 bits per heavy atom. The van der Waals surface area contributed by atoms with E-state index in [9.17, 15) is 8.78 Å². The third kappa shape index (κ3) is 2.42. The summed E-state index contributed by atoms with van der Waals surface area (Å²) >= 11 is 6.15. The van der Waals surface area contributed by atoms with Crippen molar-refractivity contribution < 1.29 is 8.78 Å². The van der Waals surface area contributed by atoms with Gasteiger partial charge in [0, 0.05) is 17.1 Å². The number of nitrogens with zero attached hydrogens (tertiary/aromatic N) is 3. The van der Waals surface area contributed by atoms with Crippen molar-refractivity contribution in [2.24, 2.45) is 0 Å². The highest BCUT2D eigenvalue weighted by Crippen LogP contribution is 2.37. The predicted molar refractivity (Wildman–Crippen MR) is 81.5 cm³/mol. The molecule has 0 aliphatic carbocycles. The minimum absolute atomic E-state index is 0.135. The van der Waals surface area contributed by atoms with Crippen LogP contribution < -0.4 is 0 Å². The highest BCUT2D eigenvalue weighted by Gasteiger charge is 2.19. The summed E-state index contributed by atoms with van der Waals surface area (Å²) < 4.78 is 28.2. The fourth-order valence-electron chi connectivity index (χ4n) is 2.41. The topological polar surface area (TPSA) is 22.2 Å². The highest BCUT2D eigenvalue weighted by atomic mass is 35.5. The Kier molecular flexibility index (Phi) is 3.78. The van der Waals surface area contributed by atoms with Gasteiger partial charge in [-0.3, -0.25) is 4.98 Å². The first-order valence-corrected chi connectivity index (χ1v) is 6.86. The average Bonchev–Trinajstić information content (AvgIpc) is 2.89. The summed E-state index contributed by atoms with van der Waals surface area (Å²) in [5.41, 5.74) is 1.36. The van der Waals surface area contributed by atoms with Crippen molar-refractivity contribution in [3.05, 3.63) is 70.4 Å². The van der Waals surface area contributed by atoms with Crippen LogP contribution in [-0.2, 0) is 6.54 Å². The molecular formula is C16H10ClF2N3. The number of alkyl halides is 2. The maximum Gasteiger partial charge on any atom is 0.278 e. The Morgan fingerprint density at radius 2 is 2.09 bits per heavy atom. The molecule has 0 saturated heterocycles. The molecule has 0 fully saturated rings. The molecule has 3 rings (SSSR count). The van der Waals surface area contributed by atoms with E-state index in [0.717, 1.165) is 0 Å². The van der Waals surface area contributed by atoms with Crippen molar-refractivity contribution in [2.45, 2.75) is 13.0 Å². The Balaban J connectivity index is 2.21. The van der Waals surface area contributed by atoms with Gasteiger partial charge < -0.3 is 4.57 Å². The minimum Gasteiger partial charge on any atom is -0.334 e. The second-order valence-electron chi connectivity index (χ2n) is 4.72. The van der Waals surface area contributed by atoms with Gasteiger partial charge in [-0.1, -0.05) is 23.7 Å². The van der Waals surface area contributed by atoms with Crippen LogP contribution in [0.15, 0.2) is 42.6 Å². The van der Waals surface area contributed by atoms with E-state index in [1.807, 2.05) is 0 Å². The lowest BCUT2D eigenvalue weighted by atomic mass is 10.2. The molecule has 0 spiro atoms. The Hall–Kier alpha value is -2.45. The molecule has 2 aromatic heterocycles. The maximum absolute atomic E-state index is 13.3. The molecule has 0 amide bonds. The van der Waals surface area contributed by atoms with Gasteiger partial charge in [0.1, 0.15) is 0 Å². The van der Waals surface area contributed by atoms with E-state index in [-0.39, 0.29) is 22.9 Å². The number of pyridine rings is 1. The molecule has 0 N–H and O–H groups in total. The third-order valence-corrected chi connectivity index (χ3v) is 3.82.